The second-order valence-corrected chi connectivity index (χ2v) is 6.84. The van der Waals surface area contributed by atoms with E-state index in [0.717, 1.165) is 45.4 Å². The lowest BCUT2D eigenvalue weighted by molar-refractivity contribution is -0.127. The number of hydrogen-bond acceptors (Lipinski definition) is 3. The molecule has 23 heavy (non-hydrogen) atoms. The Morgan fingerprint density at radius 3 is 2.74 bits per heavy atom. The predicted molar refractivity (Wildman–Crippen MR) is 93.3 cm³/mol. The Bertz CT molecular complexity index is 485. The van der Waals surface area contributed by atoms with Gasteiger partial charge >= 0.3 is 0 Å². The van der Waals surface area contributed by atoms with Crippen molar-refractivity contribution in [1.29, 1.82) is 0 Å². The normalized spacial score (nSPS) is 23.6. The summed E-state index contributed by atoms with van der Waals surface area (Å²) in [5.41, 5.74) is 1.28. The summed E-state index contributed by atoms with van der Waals surface area (Å²) >= 11 is 0. The van der Waals surface area contributed by atoms with Crippen LogP contribution in [0.2, 0.25) is 0 Å². The summed E-state index contributed by atoms with van der Waals surface area (Å²) in [7, 11) is 0. The van der Waals surface area contributed by atoms with E-state index < -0.39 is 0 Å². The first-order valence-electron chi connectivity index (χ1n) is 9.09. The Labute approximate surface area is 139 Å². The van der Waals surface area contributed by atoms with Gasteiger partial charge in [0.15, 0.2) is 0 Å². The van der Waals surface area contributed by atoms with Crippen molar-refractivity contribution in [3.05, 3.63) is 35.9 Å². The number of nitrogens with one attached hydrogen (secondary N) is 2. The molecule has 0 radical (unpaired) electrons. The third-order valence-corrected chi connectivity index (χ3v) is 5.20. The molecule has 2 fully saturated rings. The zero-order valence-electron chi connectivity index (χ0n) is 14.0. The van der Waals surface area contributed by atoms with Gasteiger partial charge in [-0.05, 0) is 57.3 Å². The van der Waals surface area contributed by atoms with Crippen LogP contribution in [0.25, 0.3) is 0 Å². The van der Waals surface area contributed by atoms with Crippen molar-refractivity contribution in [3.63, 3.8) is 0 Å². The molecule has 4 heteroatoms. The van der Waals surface area contributed by atoms with Gasteiger partial charge in [-0.15, -0.1) is 0 Å². The zero-order chi connectivity index (χ0) is 15.9. The van der Waals surface area contributed by atoms with Gasteiger partial charge in [-0.25, -0.2) is 0 Å². The number of piperidine rings is 2. The molecule has 1 amide bonds. The molecule has 2 N–H and O–H groups in total. The number of rotatable bonds is 5. The summed E-state index contributed by atoms with van der Waals surface area (Å²) in [6, 6.07) is 11.0. The molecule has 0 saturated carbocycles. The van der Waals surface area contributed by atoms with Gasteiger partial charge in [-0.3, -0.25) is 9.69 Å². The van der Waals surface area contributed by atoms with Crippen molar-refractivity contribution in [3.8, 4) is 0 Å². The predicted octanol–water partition coefficient (Wildman–Crippen LogP) is 1.81. The Hall–Kier alpha value is -1.39. The summed E-state index contributed by atoms with van der Waals surface area (Å²) in [6.07, 6.45) is 5.56. The Morgan fingerprint density at radius 1 is 1.17 bits per heavy atom. The van der Waals surface area contributed by atoms with Crippen LogP contribution < -0.4 is 10.6 Å². The molecule has 0 aliphatic carbocycles. The third kappa shape index (κ3) is 4.79. The third-order valence-electron chi connectivity index (χ3n) is 5.20. The van der Waals surface area contributed by atoms with E-state index >= 15 is 0 Å². The zero-order valence-corrected chi connectivity index (χ0v) is 14.0. The molecule has 0 spiro atoms. The minimum Gasteiger partial charge on any atom is -0.355 e. The summed E-state index contributed by atoms with van der Waals surface area (Å²) in [6.45, 7) is 5.09. The van der Waals surface area contributed by atoms with Gasteiger partial charge in [-0.1, -0.05) is 30.3 Å². The average molecular weight is 315 g/mol. The van der Waals surface area contributed by atoms with Crippen LogP contribution in [0.1, 0.15) is 31.2 Å². The Balaban J connectivity index is 1.43. The monoisotopic (exact) mass is 315 g/mol. The van der Waals surface area contributed by atoms with Crippen LogP contribution >= 0.6 is 0 Å². The maximum atomic E-state index is 12.5. The molecule has 1 atom stereocenters. The van der Waals surface area contributed by atoms with Crippen LogP contribution in [0.15, 0.2) is 30.3 Å². The lowest BCUT2D eigenvalue weighted by Crippen LogP contribution is -2.50. The highest BCUT2D eigenvalue weighted by molar-refractivity contribution is 5.79. The molecule has 2 heterocycles. The first-order valence-corrected chi connectivity index (χ1v) is 9.09. The van der Waals surface area contributed by atoms with Crippen LogP contribution in [0, 0.1) is 5.92 Å². The van der Waals surface area contributed by atoms with Crippen molar-refractivity contribution in [2.45, 2.75) is 38.1 Å². The highest BCUT2D eigenvalue weighted by atomic mass is 16.1. The van der Waals surface area contributed by atoms with E-state index in [4.69, 9.17) is 0 Å². The van der Waals surface area contributed by atoms with Gasteiger partial charge in [0, 0.05) is 19.1 Å². The molecular weight excluding hydrogens is 286 g/mol. The van der Waals surface area contributed by atoms with Gasteiger partial charge in [0.05, 0.1) is 5.92 Å². The fourth-order valence-corrected chi connectivity index (χ4v) is 3.84. The molecule has 126 valence electrons. The van der Waals surface area contributed by atoms with Crippen molar-refractivity contribution >= 4 is 5.91 Å². The molecular formula is C19H29N3O. The molecule has 2 aliphatic heterocycles. The SMILES string of the molecule is O=C(NCCc1ccccc1)[C@@H]1CCCN(C2CCNCC2)C1. The lowest BCUT2D eigenvalue weighted by atomic mass is 9.93. The maximum Gasteiger partial charge on any atom is 0.224 e. The minimum atomic E-state index is 0.175. The fraction of sp³-hybridized carbons (Fsp3) is 0.632. The van der Waals surface area contributed by atoms with E-state index in [-0.39, 0.29) is 11.8 Å². The van der Waals surface area contributed by atoms with Crippen LogP contribution in [-0.4, -0.2) is 49.6 Å². The van der Waals surface area contributed by atoms with Crippen molar-refractivity contribution in [2.75, 3.05) is 32.7 Å². The highest BCUT2D eigenvalue weighted by Gasteiger charge is 2.30. The molecule has 4 nitrogen and oxygen atoms in total. The molecule has 1 aromatic rings. The molecule has 3 rings (SSSR count). The van der Waals surface area contributed by atoms with E-state index in [0.29, 0.717) is 6.04 Å². The quantitative estimate of drug-likeness (QED) is 0.871. The van der Waals surface area contributed by atoms with E-state index in [1.807, 2.05) is 6.07 Å². The van der Waals surface area contributed by atoms with Gasteiger partial charge in [0.25, 0.3) is 0 Å². The molecule has 1 aromatic carbocycles. The number of carbonyl (C=O) groups is 1. The molecule has 0 unspecified atom stereocenters. The second kappa shape index (κ2) is 8.46. The van der Waals surface area contributed by atoms with Gasteiger partial charge < -0.3 is 10.6 Å². The Kier molecular flexibility index (Phi) is 6.06. The summed E-state index contributed by atoms with van der Waals surface area (Å²) < 4.78 is 0. The topological polar surface area (TPSA) is 44.4 Å². The molecule has 2 aliphatic rings. The summed E-state index contributed by atoms with van der Waals surface area (Å²) in [5.74, 6) is 0.425. The molecule has 0 aromatic heterocycles. The standard InChI is InChI=1S/C19H29N3O/c23-19(21-13-8-16-5-2-1-3-6-16)17-7-4-14-22(15-17)18-9-11-20-12-10-18/h1-3,5-6,17-18,20H,4,7-15H2,(H,21,23)/t17-/m1/s1. The fourth-order valence-electron chi connectivity index (χ4n) is 3.84. The number of amides is 1. The van der Waals surface area contributed by atoms with E-state index in [2.05, 4.69) is 39.8 Å². The highest BCUT2D eigenvalue weighted by Crippen LogP contribution is 2.22. The smallest absolute Gasteiger partial charge is 0.224 e. The average Bonchev–Trinajstić information content (AvgIpc) is 2.63. The van der Waals surface area contributed by atoms with Crippen LogP contribution in [0.5, 0.6) is 0 Å². The summed E-state index contributed by atoms with van der Waals surface area (Å²) in [5, 5.41) is 6.57. The number of benzene rings is 1. The van der Waals surface area contributed by atoms with Crippen LogP contribution in [0.3, 0.4) is 0 Å². The van der Waals surface area contributed by atoms with Crippen molar-refractivity contribution in [1.82, 2.24) is 15.5 Å². The number of nitrogens with zero attached hydrogens (tertiary/aromatic N) is 1. The summed E-state index contributed by atoms with van der Waals surface area (Å²) in [4.78, 5) is 15.0. The molecule has 0 bridgehead atoms. The van der Waals surface area contributed by atoms with E-state index in [1.54, 1.807) is 0 Å². The van der Waals surface area contributed by atoms with E-state index in [1.165, 1.54) is 24.9 Å². The Morgan fingerprint density at radius 2 is 1.96 bits per heavy atom. The maximum absolute atomic E-state index is 12.5. The molecule has 2 saturated heterocycles. The van der Waals surface area contributed by atoms with Gasteiger partial charge in [-0.2, -0.15) is 0 Å². The van der Waals surface area contributed by atoms with Gasteiger partial charge in [0.2, 0.25) is 5.91 Å². The first kappa shape index (κ1) is 16.5. The van der Waals surface area contributed by atoms with Gasteiger partial charge in [0.1, 0.15) is 0 Å². The number of carbonyl (C=O) groups excluding carboxylic acids is 1. The van der Waals surface area contributed by atoms with Crippen molar-refractivity contribution in [2.24, 2.45) is 5.92 Å². The van der Waals surface area contributed by atoms with E-state index in [9.17, 15) is 4.79 Å². The van der Waals surface area contributed by atoms with Crippen LogP contribution in [-0.2, 0) is 11.2 Å². The number of likely N-dealkylation sites (tertiary alicyclic amines) is 1. The van der Waals surface area contributed by atoms with Crippen LogP contribution in [0.4, 0.5) is 0 Å². The lowest BCUT2D eigenvalue weighted by Gasteiger charge is -2.39. The first-order chi connectivity index (χ1) is 11.3. The largest absolute Gasteiger partial charge is 0.355 e. The minimum absolute atomic E-state index is 0.175. The van der Waals surface area contributed by atoms with Crippen molar-refractivity contribution < 1.29 is 4.79 Å². The number of hydrogen-bond donors (Lipinski definition) is 2. The second-order valence-electron chi connectivity index (χ2n) is 6.84.